The van der Waals surface area contributed by atoms with Crippen LogP contribution in [0.4, 0.5) is 4.39 Å². The number of carboxylic acids is 1. The van der Waals surface area contributed by atoms with Gasteiger partial charge in [0.05, 0.1) is 29.0 Å². The van der Waals surface area contributed by atoms with Gasteiger partial charge in [-0.25, -0.2) is 19.2 Å². The number of hydrogen-bond donors (Lipinski definition) is 2. The Morgan fingerprint density at radius 1 is 1.03 bits per heavy atom. The monoisotopic (exact) mass is 466 g/mol. The van der Waals surface area contributed by atoms with Crippen molar-refractivity contribution in [2.75, 3.05) is 13.1 Å². The molecule has 0 amide bonds. The maximum absolute atomic E-state index is 13.5. The summed E-state index contributed by atoms with van der Waals surface area (Å²) in [4.78, 5) is 24.6. The zero-order chi connectivity index (χ0) is 23.5. The summed E-state index contributed by atoms with van der Waals surface area (Å²) >= 11 is 0. The molecule has 8 nitrogen and oxygen atoms in total. The van der Waals surface area contributed by atoms with Crippen LogP contribution in [0.25, 0.3) is 22.6 Å². The van der Waals surface area contributed by atoms with Crippen LogP contribution in [0.15, 0.2) is 67.1 Å². The topological polar surface area (TPSA) is 102 Å². The average molecular weight is 466 g/mol. The predicted molar refractivity (Wildman–Crippen MR) is 123 cm³/mol. The second-order valence-corrected chi connectivity index (χ2v) is 7.99. The van der Waals surface area contributed by atoms with Crippen LogP contribution in [0, 0.1) is 5.82 Å². The number of nitrogens with one attached hydrogen (secondary N) is 1. The first-order valence-electron chi connectivity index (χ1n) is 11.0. The number of carbonyl (C=O) groups is 1. The summed E-state index contributed by atoms with van der Waals surface area (Å²) in [6.45, 7) is 1.83. The molecule has 1 aliphatic heterocycles. The molecule has 5 rings (SSSR count). The van der Waals surface area contributed by atoms with Gasteiger partial charge in [0.2, 0.25) is 0 Å². The van der Waals surface area contributed by atoms with E-state index in [2.05, 4.69) is 24.8 Å². The zero-order valence-electron chi connectivity index (χ0n) is 19.2. The summed E-state index contributed by atoms with van der Waals surface area (Å²) < 4.78 is 21.5. The number of nitrogens with zero attached hydrogens (tertiary/aromatic N) is 4. The standard InChI is InChI=1S/C25H22FN5O3.Li/c26-18-5-1-16(2-6-18)22-23(31(15-29-22)19-9-12-27-13-10-19)21-11-14-28-25(30-21)34-20-7-3-17(4-8-20)24(32)33;/h1-8,11,14-15,19,27H,9-10,12-13H2,(H,32,33);/q;+1. The normalized spacial score (nSPS) is 13.7. The minimum absolute atomic E-state index is 0. The van der Waals surface area contributed by atoms with Crippen LogP contribution in [0.1, 0.15) is 29.2 Å². The molecule has 172 valence electrons. The molecule has 0 aliphatic carbocycles. The maximum Gasteiger partial charge on any atom is 1.00 e. The first-order valence-corrected chi connectivity index (χ1v) is 11.0. The SMILES string of the molecule is O=C(O)c1ccc(Oc2nccc(-c3c(-c4ccc(F)cc4)ncn3C3CCNCC3)n2)cc1.[Li+]. The molecule has 1 aliphatic rings. The maximum atomic E-state index is 13.5. The molecule has 0 radical (unpaired) electrons. The van der Waals surface area contributed by atoms with Crippen molar-refractivity contribution in [3.05, 3.63) is 78.5 Å². The third-order valence-corrected chi connectivity index (χ3v) is 5.80. The first kappa shape index (κ1) is 24.6. The van der Waals surface area contributed by atoms with Gasteiger partial charge in [0.1, 0.15) is 11.6 Å². The fraction of sp³-hybridized carbons (Fsp3) is 0.200. The summed E-state index contributed by atoms with van der Waals surface area (Å²) in [6.07, 6.45) is 5.34. The van der Waals surface area contributed by atoms with Crippen molar-refractivity contribution in [3.63, 3.8) is 0 Å². The van der Waals surface area contributed by atoms with Crippen LogP contribution in [-0.2, 0) is 0 Å². The van der Waals surface area contributed by atoms with E-state index in [0.717, 1.165) is 37.2 Å². The number of benzene rings is 2. The number of halogens is 1. The van der Waals surface area contributed by atoms with Crippen molar-refractivity contribution in [2.45, 2.75) is 18.9 Å². The van der Waals surface area contributed by atoms with Gasteiger partial charge in [-0.3, -0.25) is 0 Å². The summed E-state index contributed by atoms with van der Waals surface area (Å²) in [5, 5.41) is 12.5. The fourth-order valence-electron chi connectivity index (χ4n) is 4.09. The van der Waals surface area contributed by atoms with Crippen molar-refractivity contribution in [1.29, 1.82) is 0 Å². The van der Waals surface area contributed by atoms with Gasteiger partial charge in [-0.15, -0.1) is 0 Å². The molecule has 4 aromatic rings. The minimum Gasteiger partial charge on any atom is -0.478 e. The average Bonchev–Trinajstić information content (AvgIpc) is 3.31. The Bertz CT molecular complexity index is 1310. The fourth-order valence-corrected chi connectivity index (χ4v) is 4.09. The molecule has 0 spiro atoms. The molecular weight excluding hydrogens is 444 g/mol. The Balaban J connectivity index is 0.00000289. The largest absolute Gasteiger partial charge is 1.00 e. The summed E-state index contributed by atoms with van der Waals surface area (Å²) in [7, 11) is 0. The van der Waals surface area contributed by atoms with Crippen molar-refractivity contribution in [2.24, 2.45) is 0 Å². The van der Waals surface area contributed by atoms with E-state index in [0.29, 0.717) is 17.1 Å². The van der Waals surface area contributed by atoms with Crippen LogP contribution < -0.4 is 28.9 Å². The third-order valence-electron chi connectivity index (χ3n) is 5.80. The van der Waals surface area contributed by atoms with E-state index in [4.69, 9.17) is 9.84 Å². The van der Waals surface area contributed by atoms with E-state index < -0.39 is 5.97 Å². The van der Waals surface area contributed by atoms with Crippen molar-refractivity contribution >= 4 is 5.97 Å². The third kappa shape index (κ3) is 5.43. The second-order valence-electron chi connectivity index (χ2n) is 7.99. The predicted octanol–water partition coefficient (Wildman–Crippen LogP) is 1.57. The molecule has 0 bridgehead atoms. The van der Waals surface area contributed by atoms with Gasteiger partial charge in [-0.2, -0.15) is 4.98 Å². The number of aromatic nitrogens is 4. The van der Waals surface area contributed by atoms with Crippen LogP contribution in [0.5, 0.6) is 11.8 Å². The number of carboxylic acid groups (broad SMARTS) is 1. The van der Waals surface area contributed by atoms with Gasteiger partial charge >= 0.3 is 30.8 Å². The number of aromatic carboxylic acids is 1. The molecular formula is C25H22FLiN5O3+. The van der Waals surface area contributed by atoms with E-state index >= 15 is 0 Å². The number of ether oxygens (including phenoxy) is 1. The Morgan fingerprint density at radius 3 is 2.43 bits per heavy atom. The van der Waals surface area contributed by atoms with Crippen LogP contribution >= 0.6 is 0 Å². The molecule has 2 aromatic carbocycles. The minimum atomic E-state index is -1.01. The summed E-state index contributed by atoms with van der Waals surface area (Å²) in [6, 6.07) is 14.4. The molecule has 10 heteroatoms. The molecule has 3 heterocycles. The van der Waals surface area contributed by atoms with Crippen LogP contribution in [0.2, 0.25) is 0 Å². The van der Waals surface area contributed by atoms with Crippen LogP contribution in [0.3, 0.4) is 0 Å². The molecule has 0 saturated carbocycles. The molecule has 1 saturated heterocycles. The Labute approximate surface area is 213 Å². The smallest absolute Gasteiger partial charge is 0.478 e. The van der Waals surface area contributed by atoms with Gasteiger partial charge < -0.3 is 19.7 Å². The Hall–Kier alpha value is -3.51. The molecule has 0 unspecified atom stereocenters. The summed E-state index contributed by atoms with van der Waals surface area (Å²) in [5.41, 5.74) is 3.09. The van der Waals surface area contributed by atoms with Crippen molar-refractivity contribution in [1.82, 2.24) is 24.8 Å². The second kappa shape index (κ2) is 10.8. The number of rotatable bonds is 6. The molecule has 2 aromatic heterocycles. The van der Waals surface area contributed by atoms with Gasteiger partial charge in [0.15, 0.2) is 0 Å². The molecule has 35 heavy (non-hydrogen) atoms. The first-order chi connectivity index (χ1) is 16.6. The Morgan fingerprint density at radius 2 is 1.74 bits per heavy atom. The van der Waals surface area contributed by atoms with E-state index in [1.165, 1.54) is 24.3 Å². The Kier molecular flexibility index (Phi) is 7.61. The van der Waals surface area contributed by atoms with Crippen molar-refractivity contribution < 1.29 is 37.9 Å². The molecule has 1 fully saturated rings. The number of hydrogen-bond acceptors (Lipinski definition) is 6. The van der Waals surface area contributed by atoms with E-state index in [9.17, 15) is 9.18 Å². The van der Waals surface area contributed by atoms with Gasteiger partial charge in [-0.1, -0.05) is 0 Å². The quantitative estimate of drug-likeness (QED) is 0.416. The van der Waals surface area contributed by atoms with E-state index in [-0.39, 0.29) is 42.3 Å². The van der Waals surface area contributed by atoms with Gasteiger partial charge in [-0.05, 0) is 80.5 Å². The van der Waals surface area contributed by atoms with Gasteiger partial charge in [0.25, 0.3) is 0 Å². The van der Waals surface area contributed by atoms with Crippen molar-refractivity contribution in [3.8, 4) is 34.4 Å². The van der Waals surface area contributed by atoms with Crippen LogP contribution in [-0.4, -0.2) is 43.7 Å². The molecule has 0 atom stereocenters. The number of piperidine rings is 1. The molecule has 2 N–H and O–H groups in total. The summed E-state index contributed by atoms with van der Waals surface area (Å²) in [5.74, 6) is -0.896. The van der Waals surface area contributed by atoms with Gasteiger partial charge in [0, 0.05) is 17.8 Å². The zero-order valence-corrected chi connectivity index (χ0v) is 19.2. The van der Waals surface area contributed by atoms with E-state index in [1.54, 1.807) is 36.5 Å². The number of imidazole rings is 1. The van der Waals surface area contributed by atoms with E-state index in [1.807, 2.05) is 6.33 Å².